The van der Waals surface area contributed by atoms with Crippen LogP contribution in [0.3, 0.4) is 0 Å². The van der Waals surface area contributed by atoms with Crippen molar-refractivity contribution in [2.24, 2.45) is 11.8 Å². The van der Waals surface area contributed by atoms with E-state index >= 15 is 0 Å². The highest BCUT2D eigenvalue weighted by atomic mass is 16.6. The number of carbonyl (C=O) groups is 2. The molecule has 5 heteroatoms. The summed E-state index contributed by atoms with van der Waals surface area (Å²) in [6, 6.07) is 0. The second kappa shape index (κ2) is 21.8. The van der Waals surface area contributed by atoms with E-state index in [-0.39, 0.29) is 17.7 Å². The quantitative estimate of drug-likeness (QED) is 0.155. The maximum absolute atomic E-state index is 11.6. The van der Waals surface area contributed by atoms with Crippen LogP contribution in [-0.2, 0) is 14.3 Å². The van der Waals surface area contributed by atoms with Gasteiger partial charge in [-0.2, -0.15) is 0 Å². The van der Waals surface area contributed by atoms with E-state index in [4.69, 9.17) is 9.47 Å². The Kier molecular flexibility index (Phi) is 22.3. The summed E-state index contributed by atoms with van der Waals surface area (Å²) in [5.41, 5.74) is -0.737. The van der Waals surface area contributed by atoms with Gasteiger partial charge in [0, 0.05) is 13.0 Å². The lowest BCUT2D eigenvalue weighted by atomic mass is 9.92. The van der Waals surface area contributed by atoms with Crippen molar-refractivity contribution in [1.82, 2.24) is 5.32 Å². The van der Waals surface area contributed by atoms with Crippen molar-refractivity contribution in [1.29, 1.82) is 0 Å². The van der Waals surface area contributed by atoms with Crippen LogP contribution in [0.5, 0.6) is 0 Å². The molecule has 0 spiro atoms. The lowest BCUT2D eigenvalue weighted by Gasteiger charge is -2.19. The van der Waals surface area contributed by atoms with Crippen molar-refractivity contribution in [2.45, 2.75) is 170 Å². The zero-order valence-electron chi connectivity index (χ0n) is 25.9. The van der Waals surface area contributed by atoms with Gasteiger partial charge >= 0.3 is 12.1 Å². The van der Waals surface area contributed by atoms with Gasteiger partial charge in [0.1, 0.15) is 11.2 Å². The summed E-state index contributed by atoms with van der Waals surface area (Å²) in [5.74, 6) is 1.70. The highest BCUT2D eigenvalue weighted by Crippen LogP contribution is 2.21. The van der Waals surface area contributed by atoms with Gasteiger partial charge in [0.2, 0.25) is 0 Å². The monoisotopic (exact) mass is 513 g/mol. The first-order valence-electron chi connectivity index (χ1n) is 14.9. The number of hydrogen-bond donors (Lipinski definition) is 1. The fraction of sp³-hybridized carbons (Fsp3) is 0.935. The number of ether oxygens (including phenoxy) is 2. The molecular formula is C31H63NO4. The smallest absolute Gasteiger partial charge is 0.407 e. The number of esters is 1. The van der Waals surface area contributed by atoms with Crippen LogP contribution in [0.2, 0.25) is 0 Å². The summed E-state index contributed by atoms with van der Waals surface area (Å²) < 4.78 is 10.3. The topological polar surface area (TPSA) is 64.6 Å². The molecule has 5 nitrogen and oxygen atoms in total. The number of nitrogens with one attached hydrogen (secondary N) is 1. The zero-order valence-corrected chi connectivity index (χ0v) is 25.9. The van der Waals surface area contributed by atoms with Crippen LogP contribution >= 0.6 is 0 Å². The highest BCUT2D eigenvalue weighted by molar-refractivity contribution is 5.69. The molecular weight excluding hydrogens is 450 g/mol. The standard InChI is InChI=1S/C23H47NO2.C8H16O2/c1-7-20(3)16-12-9-10-13-17-21(8-2)18-14-11-15-19-24-22(25)26-23(4,5)6;1-5-6-7(9)10-8(2,3)4/h20-21H,7-19H2,1-6H3,(H,24,25);5-6H2,1-4H3. The summed E-state index contributed by atoms with van der Waals surface area (Å²) in [5, 5.41) is 2.85. The van der Waals surface area contributed by atoms with E-state index in [1.54, 1.807) is 0 Å². The number of rotatable bonds is 17. The minimum Gasteiger partial charge on any atom is -0.460 e. The molecule has 2 atom stereocenters. The predicted molar refractivity (Wildman–Crippen MR) is 154 cm³/mol. The van der Waals surface area contributed by atoms with Gasteiger partial charge in [-0.1, -0.05) is 98.3 Å². The summed E-state index contributed by atoms with van der Waals surface area (Å²) in [6.45, 7) is 21.0. The Labute approximate surface area is 225 Å². The van der Waals surface area contributed by atoms with Crippen LogP contribution in [0.4, 0.5) is 4.79 Å². The molecule has 0 aromatic carbocycles. The van der Waals surface area contributed by atoms with E-state index < -0.39 is 5.60 Å². The SMILES string of the molecule is CCC(C)CCCCCCC(CC)CCCCCNC(=O)OC(C)(C)C.CCCC(=O)OC(C)(C)C. The Hall–Kier alpha value is -1.26. The molecule has 216 valence electrons. The fourth-order valence-corrected chi connectivity index (χ4v) is 3.87. The molecule has 1 amide bonds. The molecule has 1 N–H and O–H groups in total. The average Bonchev–Trinajstić information content (AvgIpc) is 2.74. The van der Waals surface area contributed by atoms with Gasteiger partial charge in [-0.25, -0.2) is 4.79 Å². The lowest BCUT2D eigenvalue weighted by molar-refractivity contribution is -0.154. The third-order valence-corrected chi connectivity index (χ3v) is 6.17. The van der Waals surface area contributed by atoms with Crippen molar-refractivity contribution in [3.63, 3.8) is 0 Å². The molecule has 0 aliphatic rings. The van der Waals surface area contributed by atoms with Gasteiger partial charge in [0.05, 0.1) is 0 Å². The van der Waals surface area contributed by atoms with Crippen LogP contribution in [0.15, 0.2) is 0 Å². The number of hydrogen-bond acceptors (Lipinski definition) is 4. The van der Waals surface area contributed by atoms with Crippen LogP contribution in [0, 0.1) is 11.8 Å². The summed E-state index contributed by atoms with van der Waals surface area (Å²) in [6.07, 6.45) is 17.0. The number of unbranched alkanes of at least 4 members (excludes halogenated alkanes) is 5. The first-order chi connectivity index (χ1) is 16.7. The van der Waals surface area contributed by atoms with E-state index in [1.807, 2.05) is 48.5 Å². The molecule has 0 radical (unpaired) electrons. The van der Waals surface area contributed by atoms with Crippen LogP contribution in [-0.4, -0.2) is 29.8 Å². The predicted octanol–water partition coefficient (Wildman–Crippen LogP) is 9.61. The minimum absolute atomic E-state index is 0.102. The molecule has 0 heterocycles. The Morgan fingerprint density at radius 3 is 1.64 bits per heavy atom. The average molecular weight is 514 g/mol. The van der Waals surface area contributed by atoms with E-state index in [0.29, 0.717) is 6.42 Å². The van der Waals surface area contributed by atoms with Crippen molar-refractivity contribution >= 4 is 12.1 Å². The molecule has 0 fully saturated rings. The molecule has 0 aliphatic heterocycles. The fourth-order valence-electron chi connectivity index (χ4n) is 3.87. The summed E-state index contributed by atoms with van der Waals surface area (Å²) in [4.78, 5) is 22.4. The van der Waals surface area contributed by atoms with Crippen LogP contribution in [0.25, 0.3) is 0 Å². The zero-order chi connectivity index (χ0) is 28.0. The Balaban J connectivity index is 0. The van der Waals surface area contributed by atoms with E-state index in [1.165, 1.54) is 70.6 Å². The van der Waals surface area contributed by atoms with Crippen molar-refractivity contribution in [3.05, 3.63) is 0 Å². The Morgan fingerprint density at radius 1 is 0.694 bits per heavy atom. The molecule has 0 bridgehead atoms. The van der Waals surface area contributed by atoms with E-state index in [2.05, 4.69) is 26.1 Å². The van der Waals surface area contributed by atoms with Gasteiger partial charge in [-0.05, 0) is 66.2 Å². The first kappa shape index (κ1) is 36.9. The molecule has 0 saturated heterocycles. The lowest BCUT2D eigenvalue weighted by Crippen LogP contribution is -2.32. The largest absolute Gasteiger partial charge is 0.460 e. The molecule has 0 aromatic rings. The van der Waals surface area contributed by atoms with Crippen molar-refractivity contribution in [3.8, 4) is 0 Å². The number of carbonyl (C=O) groups excluding carboxylic acids is 2. The second-order valence-electron chi connectivity index (χ2n) is 12.4. The first-order valence-corrected chi connectivity index (χ1v) is 14.9. The molecule has 0 rings (SSSR count). The van der Waals surface area contributed by atoms with Gasteiger partial charge in [-0.15, -0.1) is 0 Å². The van der Waals surface area contributed by atoms with Crippen LogP contribution < -0.4 is 5.32 Å². The second-order valence-corrected chi connectivity index (χ2v) is 12.4. The molecule has 0 aliphatic carbocycles. The molecule has 0 saturated carbocycles. The number of amides is 1. The minimum atomic E-state index is -0.410. The van der Waals surface area contributed by atoms with Crippen LogP contribution in [0.1, 0.15) is 159 Å². The molecule has 0 aromatic heterocycles. The maximum atomic E-state index is 11.6. The third kappa shape index (κ3) is 29.0. The third-order valence-electron chi connectivity index (χ3n) is 6.17. The normalized spacial score (nSPS) is 13.3. The number of alkyl carbamates (subject to hydrolysis) is 1. The van der Waals surface area contributed by atoms with E-state index in [9.17, 15) is 9.59 Å². The maximum Gasteiger partial charge on any atom is 0.407 e. The summed E-state index contributed by atoms with van der Waals surface area (Å²) >= 11 is 0. The van der Waals surface area contributed by atoms with Gasteiger partial charge in [-0.3, -0.25) is 4.79 Å². The van der Waals surface area contributed by atoms with Gasteiger partial charge < -0.3 is 14.8 Å². The Bertz CT molecular complexity index is 534. The van der Waals surface area contributed by atoms with Gasteiger partial charge in [0.15, 0.2) is 0 Å². The van der Waals surface area contributed by atoms with Crippen molar-refractivity contribution in [2.75, 3.05) is 6.54 Å². The van der Waals surface area contributed by atoms with Crippen molar-refractivity contribution < 1.29 is 19.1 Å². The Morgan fingerprint density at radius 2 is 1.19 bits per heavy atom. The molecule has 2 unspecified atom stereocenters. The highest BCUT2D eigenvalue weighted by Gasteiger charge is 2.16. The summed E-state index contributed by atoms with van der Waals surface area (Å²) in [7, 11) is 0. The molecule has 36 heavy (non-hydrogen) atoms. The van der Waals surface area contributed by atoms with Gasteiger partial charge in [0.25, 0.3) is 0 Å². The van der Waals surface area contributed by atoms with E-state index in [0.717, 1.165) is 31.2 Å².